The Bertz CT molecular complexity index is 1880. The number of rotatable bonds is 7. The maximum Gasteiger partial charge on any atom is 0.280 e. The first-order valence-electron chi connectivity index (χ1n) is 12.9. The number of fused-ring (bicyclic) bond motifs is 3. The van der Waals surface area contributed by atoms with E-state index in [9.17, 15) is 24.7 Å². The summed E-state index contributed by atoms with van der Waals surface area (Å²) >= 11 is 5.52. The van der Waals surface area contributed by atoms with Gasteiger partial charge in [-0.1, -0.05) is 6.92 Å². The molecule has 1 aliphatic carbocycles. The van der Waals surface area contributed by atoms with Gasteiger partial charge >= 0.3 is 0 Å². The Morgan fingerprint density at radius 2 is 1.90 bits per heavy atom. The molecule has 0 spiro atoms. The summed E-state index contributed by atoms with van der Waals surface area (Å²) in [4.78, 5) is 56.7. The Morgan fingerprint density at radius 3 is 2.57 bits per heavy atom. The van der Waals surface area contributed by atoms with E-state index in [0.717, 1.165) is 6.33 Å². The SMILES string of the molecule is C[C@@H]([C@@H]1C[C@@H](CO)O[C@H]1n1cnc2c(=O)[nH]c(N)nc21)P(O)(=S)OC1[C@H]2O[C@@H](n3cnc4c(=O)[nH]cnc43)[C@@H](F)[C@@]12O. The van der Waals surface area contributed by atoms with Crippen molar-refractivity contribution in [1.82, 2.24) is 39.0 Å². The summed E-state index contributed by atoms with van der Waals surface area (Å²) < 4.78 is 36.0. The molecule has 7 rings (SSSR count). The molecule has 7 N–H and O–H groups in total. The summed E-state index contributed by atoms with van der Waals surface area (Å²) in [6.07, 6.45) is -3.35. The van der Waals surface area contributed by atoms with Crippen molar-refractivity contribution >= 4 is 46.6 Å². The maximum absolute atomic E-state index is 15.7. The summed E-state index contributed by atoms with van der Waals surface area (Å²) in [5.41, 5.74) is 1.97. The van der Waals surface area contributed by atoms with Crippen LogP contribution in [0.3, 0.4) is 0 Å². The molecule has 2 aliphatic heterocycles. The van der Waals surface area contributed by atoms with Gasteiger partial charge in [-0.15, -0.1) is 0 Å². The molecule has 3 aliphatic rings. The average molecular weight is 626 g/mol. The first-order valence-corrected chi connectivity index (χ1v) is 15.6. The number of hydrogen-bond donors (Lipinski definition) is 6. The molecule has 224 valence electrons. The van der Waals surface area contributed by atoms with Crippen LogP contribution in [0.4, 0.5) is 10.3 Å². The van der Waals surface area contributed by atoms with Gasteiger partial charge in [-0.25, -0.2) is 19.3 Å². The zero-order chi connectivity index (χ0) is 29.7. The van der Waals surface area contributed by atoms with Gasteiger partial charge in [-0.3, -0.25) is 23.7 Å². The van der Waals surface area contributed by atoms with Gasteiger partial charge < -0.3 is 39.8 Å². The Labute approximate surface area is 238 Å². The zero-order valence-corrected chi connectivity index (χ0v) is 23.4. The first-order chi connectivity index (χ1) is 20.0. The number of aromatic amines is 2. The molecule has 10 atom stereocenters. The van der Waals surface area contributed by atoms with Crippen LogP contribution in [0.15, 0.2) is 28.6 Å². The second-order valence-electron chi connectivity index (χ2n) is 10.6. The lowest BCUT2D eigenvalue weighted by Gasteiger charge is -2.32. The number of aliphatic hydroxyl groups excluding tert-OH is 1. The van der Waals surface area contributed by atoms with Crippen molar-refractivity contribution in [2.45, 2.75) is 61.5 Å². The topological polar surface area (TPSA) is 242 Å². The molecule has 2 unspecified atom stereocenters. The van der Waals surface area contributed by atoms with E-state index in [-0.39, 0.29) is 41.3 Å². The van der Waals surface area contributed by atoms with Crippen LogP contribution < -0.4 is 16.9 Å². The fourth-order valence-corrected chi connectivity index (χ4v) is 8.19. The predicted molar refractivity (Wildman–Crippen MR) is 144 cm³/mol. The molecule has 20 heteroatoms. The summed E-state index contributed by atoms with van der Waals surface area (Å²) in [6, 6.07) is 0. The third-order valence-electron chi connectivity index (χ3n) is 8.26. The van der Waals surface area contributed by atoms with Gasteiger partial charge in [0.2, 0.25) is 5.95 Å². The molecular formula is C22H25FN9O8PS. The minimum absolute atomic E-state index is 0.0176. The van der Waals surface area contributed by atoms with E-state index < -0.39 is 71.7 Å². The van der Waals surface area contributed by atoms with Crippen molar-refractivity contribution in [1.29, 1.82) is 0 Å². The molecule has 6 heterocycles. The molecule has 17 nitrogen and oxygen atoms in total. The monoisotopic (exact) mass is 625 g/mol. The number of nitrogens with zero attached hydrogens (tertiary/aromatic N) is 6. The summed E-state index contributed by atoms with van der Waals surface area (Å²) in [5.74, 6) is -0.702. The average Bonchev–Trinajstić information content (AvgIpc) is 3.52. The van der Waals surface area contributed by atoms with Crippen molar-refractivity contribution in [2.24, 2.45) is 5.92 Å². The molecule has 1 saturated carbocycles. The number of aromatic nitrogens is 8. The highest BCUT2D eigenvalue weighted by Crippen LogP contribution is 2.65. The lowest BCUT2D eigenvalue weighted by Crippen LogP contribution is -2.34. The van der Waals surface area contributed by atoms with E-state index in [2.05, 4.69) is 29.9 Å². The van der Waals surface area contributed by atoms with Gasteiger partial charge in [0.1, 0.15) is 18.4 Å². The van der Waals surface area contributed by atoms with E-state index in [0.29, 0.717) is 0 Å². The van der Waals surface area contributed by atoms with E-state index >= 15 is 4.39 Å². The molecule has 4 aromatic rings. The van der Waals surface area contributed by atoms with Crippen LogP contribution in [-0.4, -0.2) is 96.5 Å². The second kappa shape index (κ2) is 9.42. The van der Waals surface area contributed by atoms with Gasteiger partial charge in [0, 0.05) is 11.6 Å². The molecule has 3 fully saturated rings. The summed E-state index contributed by atoms with van der Waals surface area (Å²) in [7, 11) is 0. The summed E-state index contributed by atoms with van der Waals surface area (Å²) in [6.45, 7) is -2.48. The molecule has 2 saturated heterocycles. The number of nitrogens with one attached hydrogen (secondary N) is 2. The minimum Gasteiger partial charge on any atom is -0.394 e. The van der Waals surface area contributed by atoms with Gasteiger partial charge in [0.05, 0.1) is 31.7 Å². The number of anilines is 1. The van der Waals surface area contributed by atoms with Gasteiger partial charge in [0.15, 0.2) is 46.8 Å². The van der Waals surface area contributed by atoms with Crippen molar-refractivity contribution in [3.05, 3.63) is 39.7 Å². The van der Waals surface area contributed by atoms with Crippen LogP contribution in [0.2, 0.25) is 0 Å². The molecule has 0 radical (unpaired) electrons. The van der Waals surface area contributed by atoms with Crippen LogP contribution >= 0.6 is 6.49 Å². The number of hydrogen-bond acceptors (Lipinski definition) is 13. The highest BCUT2D eigenvalue weighted by molar-refractivity contribution is 8.09. The fraction of sp³-hybridized carbons (Fsp3) is 0.545. The van der Waals surface area contributed by atoms with Gasteiger partial charge in [-0.2, -0.15) is 4.98 Å². The maximum atomic E-state index is 15.7. The molecule has 0 bridgehead atoms. The van der Waals surface area contributed by atoms with E-state index in [1.165, 1.54) is 21.8 Å². The highest BCUT2D eigenvalue weighted by Gasteiger charge is 2.80. The van der Waals surface area contributed by atoms with Gasteiger partial charge in [0.25, 0.3) is 11.1 Å². The van der Waals surface area contributed by atoms with Crippen LogP contribution in [-0.2, 0) is 25.8 Å². The third-order valence-corrected chi connectivity index (χ3v) is 11.5. The fourth-order valence-electron chi connectivity index (χ4n) is 5.90. The van der Waals surface area contributed by atoms with Crippen LogP contribution in [0.1, 0.15) is 25.8 Å². The van der Waals surface area contributed by atoms with E-state index in [1.54, 1.807) is 6.92 Å². The van der Waals surface area contributed by atoms with Crippen molar-refractivity contribution in [3.63, 3.8) is 0 Å². The van der Waals surface area contributed by atoms with Crippen LogP contribution in [0.5, 0.6) is 0 Å². The minimum atomic E-state index is -3.79. The lowest BCUT2D eigenvalue weighted by atomic mass is 10.00. The molecule has 0 amide bonds. The Balaban J connectivity index is 1.12. The molecule has 42 heavy (non-hydrogen) atoms. The Kier molecular flexibility index (Phi) is 6.20. The Morgan fingerprint density at radius 1 is 1.21 bits per heavy atom. The van der Waals surface area contributed by atoms with Crippen molar-refractivity contribution in [3.8, 4) is 0 Å². The van der Waals surface area contributed by atoms with Crippen molar-refractivity contribution < 1.29 is 33.5 Å². The number of ether oxygens (including phenoxy) is 2. The van der Waals surface area contributed by atoms with Crippen molar-refractivity contribution in [2.75, 3.05) is 12.3 Å². The normalized spacial score (nSPS) is 34.5. The second-order valence-corrected chi connectivity index (χ2v) is 14.4. The molecular weight excluding hydrogens is 600 g/mol. The number of H-pyrrole nitrogens is 2. The summed E-state index contributed by atoms with van der Waals surface area (Å²) in [5, 5.41) is 21.0. The first kappa shape index (κ1) is 27.7. The zero-order valence-electron chi connectivity index (χ0n) is 21.6. The third kappa shape index (κ3) is 3.92. The highest BCUT2D eigenvalue weighted by atomic mass is 32.5. The number of halogens is 1. The molecule has 4 aromatic heterocycles. The standard InChI is InChI=1S/C22H25FN9O8PS/c1-7(9-2-8(3-33)38-19(9)32-6-28-11-16(32)29-21(24)30-18(11)35)41(37,42)40-14-13-22(14,36)12(23)20(39-13)31-5-27-10-15(31)25-4-26-17(10)34/h4-9,12-14,19-20,33,36H,2-3H2,1H3,(H,37,42)(H,25,26,34)(H3,24,29,30,35)/t7-,8-,9-,12+,13+,14?,19+,20+,22-,41?/m0/s1. The molecule has 0 aromatic carbocycles. The number of alkyl halides is 1. The number of nitrogens with two attached hydrogens (primary N) is 1. The van der Waals surface area contributed by atoms with E-state index in [4.69, 9.17) is 31.5 Å². The number of imidazole rings is 2. The van der Waals surface area contributed by atoms with Crippen LogP contribution in [0, 0.1) is 5.92 Å². The van der Waals surface area contributed by atoms with Crippen LogP contribution in [0.25, 0.3) is 22.3 Å². The largest absolute Gasteiger partial charge is 0.394 e. The smallest absolute Gasteiger partial charge is 0.280 e. The predicted octanol–water partition coefficient (Wildman–Crippen LogP) is -1.21. The quantitative estimate of drug-likeness (QED) is 0.132. The number of aliphatic hydroxyl groups is 2. The van der Waals surface area contributed by atoms with E-state index in [1.807, 2.05) is 0 Å². The van der Waals surface area contributed by atoms with Gasteiger partial charge in [-0.05, 0) is 18.2 Å². The lowest BCUT2D eigenvalue weighted by molar-refractivity contribution is -0.0561. The number of nitrogen functional groups attached to an aromatic ring is 1. The Hall–Kier alpha value is -3.16.